The van der Waals surface area contributed by atoms with E-state index in [0.29, 0.717) is 6.04 Å². The van der Waals surface area contributed by atoms with Gasteiger partial charge in [-0.1, -0.05) is 0 Å². The van der Waals surface area contributed by atoms with Crippen molar-refractivity contribution in [2.24, 2.45) is 0 Å². The number of hydrogen-bond acceptors (Lipinski definition) is 2. The first-order valence-electron chi connectivity index (χ1n) is 5.38. The topological polar surface area (TPSA) is 55.1 Å². The lowest BCUT2D eigenvalue weighted by Crippen LogP contribution is -2.17. The van der Waals surface area contributed by atoms with E-state index in [9.17, 15) is 4.79 Å². The summed E-state index contributed by atoms with van der Waals surface area (Å²) in [6.45, 7) is 3.58. The van der Waals surface area contributed by atoms with Gasteiger partial charge in [0.15, 0.2) is 0 Å². The van der Waals surface area contributed by atoms with Gasteiger partial charge < -0.3 is 5.11 Å². The molecule has 1 fully saturated rings. The molecule has 4 nitrogen and oxygen atoms in total. The molecule has 1 aromatic rings. The standard InChI is InChI=1S/C11H16N2O2/c1-7(11(14)15)10-6-13(12-8(10)2)9-4-3-5-9/h6-7,9H,3-5H2,1-2H3,(H,14,15). The lowest BCUT2D eigenvalue weighted by atomic mass is 9.93. The SMILES string of the molecule is Cc1nn(C2CCC2)cc1C(C)C(=O)O. The molecule has 0 amide bonds. The summed E-state index contributed by atoms with van der Waals surface area (Å²) in [5.41, 5.74) is 1.69. The zero-order valence-electron chi connectivity index (χ0n) is 9.10. The smallest absolute Gasteiger partial charge is 0.310 e. The number of hydrogen-bond donors (Lipinski definition) is 1. The molecule has 1 unspecified atom stereocenters. The molecule has 0 saturated heterocycles. The molecule has 0 spiro atoms. The minimum absolute atomic E-state index is 0.459. The third-order valence-electron chi connectivity index (χ3n) is 3.24. The summed E-state index contributed by atoms with van der Waals surface area (Å²) in [5, 5.41) is 13.3. The van der Waals surface area contributed by atoms with Crippen molar-refractivity contribution in [2.45, 2.75) is 45.1 Å². The van der Waals surface area contributed by atoms with E-state index >= 15 is 0 Å². The van der Waals surface area contributed by atoms with Gasteiger partial charge >= 0.3 is 5.97 Å². The van der Waals surface area contributed by atoms with Crippen LogP contribution in [0.15, 0.2) is 6.20 Å². The Kier molecular flexibility index (Phi) is 2.50. The number of aryl methyl sites for hydroxylation is 1. The molecular weight excluding hydrogens is 192 g/mol. The maximum absolute atomic E-state index is 10.9. The van der Waals surface area contributed by atoms with Crippen LogP contribution in [0.4, 0.5) is 0 Å². The van der Waals surface area contributed by atoms with Crippen LogP contribution in [0, 0.1) is 6.92 Å². The Bertz CT molecular complexity index is 380. The van der Waals surface area contributed by atoms with Crippen molar-refractivity contribution in [1.29, 1.82) is 0 Å². The molecule has 15 heavy (non-hydrogen) atoms. The highest BCUT2D eigenvalue weighted by molar-refractivity contribution is 5.75. The fourth-order valence-electron chi connectivity index (χ4n) is 1.89. The largest absolute Gasteiger partial charge is 0.481 e. The fourth-order valence-corrected chi connectivity index (χ4v) is 1.89. The van der Waals surface area contributed by atoms with Gasteiger partial charge in [0.25, 0.3) is 0 Å². The average molecular weight is 208 g/mol. The number of aliphatic carboxylic acids is 1. The molecule has 1 atom stereocenters. The van der Waals surface area contributed by atoms with E-state index in [0.717, 1.165) is 11.3 Å². The second-order valence-corrected chi connectivity index (χ2v) is 4.29. The predicted octanol–water partition coefficient (Wildman–Crippen LogP) is 2.10. The highest BCUT2D eigenvalue weighted by Gasteiger charge is 2.24. The summed E-state index contributed by atoms with van der Waals surface area (Å²) >= 11 is 0. The summed E-state index contributed by atoms with van der Waals surface area (Å²) in [5.74, 6) is -1.25. The predicted molar refractivity (Wildman–Crippen MR) is 55.9 cm³/mol. The maximum atomic E-state index is 10.9. The zero-order valence-corrected chi connectivity index (χ0v) is 9.10. The molecule has 1 saturated carbocycles. The minimum Gasteiger partial charge on any atom is -0.481 e. The van der Waals surface area contributed by atoms with Gasteiger partial charge in [-0.2, -0.15) is 5.10 Å². The van der Waals surface area contributed by atoms with Gasteiger partial charge in [-0.15, -0.1) is 0 Å². The maximum Gasteiger partial charge on any atom is 0.310 e. The third kappa shape index (κ3) is 1.76. The van der Waals surface area contributed by atoms with Crippen LogP contribution in [-0.4, -0.2) is 20.9 Å². The van der Waals surface area contributed by atoms with Gasteiger partial charge in [0.2, 0.25) is 0 Å². The molecule has 2 rings (SSSR count). The molecule has 1 aromatic heterocycles. The molecule has 4 heteroatoms. The molecular formula is C11H16N2O2. The number of carboxylic acids is 1. The van der Waals surface area contributed by atoms with Gasteiger partial charge in [0.1, 0.15) is 0 Å². The number of carbonyl (C=O) groups is 1. The van der Waals surface area contributed by atoms with Crippen LogP contribution < -0.4 is 0 Å². The summed E-state index contributed by atoms with van der Waals surface area (Å²) in [6, 6.07) is 0.499. The summed E-state index contributed by atoms with van der Waals surface area (Å²) in [6.07, 6.45) is 5.50. The first-order valence-corrected chi connectivity index (χ1v) is 5.38. The molecule has 1 N–H and O–H groups in total. The first-order chi connectivity index (χ1) is 7.09. The molecule has 1 heterocycles. The van der Waals surface area contributed by atoms with Crippen molar-refractivity contribution >= 4 is 5.97 Å². The monoisotopic (exact) mass is 208 g/mol. The van der Waals surface area contributed by atoms with Gasteiger partial charge in [-0.05, 0) is 33.1 Å². The van der Waals surface area contributed by atoms with Crippen LogP contribution in [0.1, 0.15) is 49.4 Å². The Morgan fingerprint density at radius 1 is 1.67 bits per heavy atom. The van der Waals surface area contributed by atoms with E-state index < -0.39 is 11.9 Å². The van der Waals surface area contributed by atoms with Gasteiger partial charge in [-0.3, -0.25) is 9.48 Å². The van der Waals surface area contributed by atoms with E-state index in [1.807, 2.05) is 17.8 Å². The number of aromatic nitrogens is 2. The number of rotatable bonds is 3. The van der Waals surface area contributed by atoms with Crippen molar-refractivity contribution in [3.05, 3.63) is 17.5 Å². The molecule has 1 aliphatic carbocycles. The highest BCUT2D eigenvalue weighted by atomic mass is 16.4. The minimum atomic E-state index is -0.786. The van der Waals surface area contributed by atoms with Crippen molar-refractivity contribution in [2.75, 3.05) is 0 Å². The van der Waals surface area contributed by atoms with E-state index in [1.54, 1.807) is 6.92 Å². The normalized spacial score (nSPS) is 18.5. The van der Waals surface area contributed by atoms with Crippen LogP contribution in [0.3, 0.4) is 0 Å². The molecule has 0 aliphatic heterocycles. The Morgan fingerprint density at radius 2 is 2.33 bits per heavy atom. The van der Waals surface area contributed by atoms with Crippen molar-refractivity contribution in [3.8, 4) is 0 Å². The second kappa shape index (κ2) is 3.68. The fraction of sp³-hybridized carbons (Fsp3) is 0.636. The summed E-state index contributed by atoms with van der Waals surface area (Å²) < 4.78 is 1.94. The Balaban J connectivity index is 2.24. The van der Waals surface area contributed by atoms with E-state index in [4.69, 9.17) is 5.11 Å². The molecule has 0 aromatic carbocycles. The van der Waals surface area contributed by atoms with Gasteiger partial charge in [0.05, 0.1) is 17.7 Å². The highest BCUT2D eigenvalue weighted by Crippen LogP contribution is 2.32. The Labute approximate surface area is 88.9 Å². The molecule has 1 aliphatic rings. The van der Waals surface area contributed by atoms with Crippen molar-refractivity contribution in [3.63, 3.8) is 0 Å². The van der Waals surface area contributed by atoms with E-state index in [-0.39, 0.29) is 0 Å². The van der Waals surface area contributed by atoms with Crippen LogP contribution in [0.25, 0.3) is 0 Å². The quantitative estimate of drug-likeness (QED) is 0.827. The summed E-state index contributed by atoms with van der Waals surface area (Å²) in [7, 11) is 0. The molecule has 0 bridgehead atoms. The molecule has 0 radical (unpaired) electrons. The summed E-state index contributed by atoms with van der Waals surface area (Å²) in [4.78, 5) is 10.9. The van der Waals surface area contributed by atoms with E-state index in [1.165, 1.54) is 19.3 Å². The van der Waals surface area contributed by atoms with Crippen molar-refractivity contribution < 1.29 is 9.90 Å². The van der Waals surface area contributed by atoms with Crippen molar-refractivity contribution in [1.82, 2.24) is 9.78 Å². The second-order valence-electron chi connectivity index (χ2n) is 4.29. The third-order valence-corrected chi connectivity index (χ3v) is 3.24. The molecule has 82 valence electrons. The van der Waals surface area contributed by atoms with Crippen LogP contribution in [0.5, 0.6) is 0 Å². The van der Waals surface area contributed by atoms with Crippen LogP contribution >= 0.6 is 0 Å². The average Bonchev–Trinajstić information content (AvgIpc) is 2.42. The lowest BCUT2D eigenvalue weighted by molar-refractivity contribution is -0.138. The Morgan fingerprint density at radius 3 is 2.80 bits per heavy atom. The van der Waals surface area contributed by atoms with Crippen LogP contribution in [-0.2, 0) is 4.79 Å². The van der Waals surface area contributed by atoms with E-state index in [2.05, 4.69) is 5.10 Å². The first kappa shape index (κ1) is 10.2. The number of carboxylic acid groups (broad SMARTS) is 1. The van der Waals surface area contributed by atoms with Gasteiger partial charge in [0, 0.05) is 11.8 Å². The van der Waals surface area contributed by atoms with Gasteiger partial charge in [-0.25, -0.2) is 0 Å². The Hall–Kier alpha value is -1.32. The zero-order chi connectivity index (χ0) is 11.0. The lowest BCUT2D eigenvalue weighted by Gasteiger charge is -2.25. The number of nitrogens with zero attached hydrogens (tertiary/aromatic N) is 2. The van der Waals surface area contributed by atoms with Crippen LogP contribution in [0.2, 0.25) is 0 Å².